The number of benzene rings is 1. The van der Waals surface area contributed by atoms with E-state index >= 15 is 0 Å². The van der Waals surface area contributed by atoms with Crippen LogP contribution in [-0.2, 0) is 11.2 Å². The summed E-state index contributed by atoms with van der Waals surface area (Å²) in [5, 5.41) is 3.41. The summed E-state index contributed by atoms with van der Waals surface area (Å²) in [5.74, 6) is 0.696. The molecular formula is C17H26N2O. The first kappa shape index (κ1) is 14.1. The van der Waals surface area contributed by atoms with Crippen LogP contribution >= 0.6 is 0 Å². The van der Waals surface area contributed by atoms with Crippen molar-refractivity contribution >= 4 is 0 Å². The molecule has 1 saturated heterocycles. The lowest BCUT2D eigenvalue weighted by Gasteiger charge is -2.32. The molecule has 1 heterocycles. The third-order valence-corrected chi connectivity index (χ3v) is 4.55. The van der Waals surface area contributed by atoms with E-state index in [9.17, 15) is 0 Å². The summed E-state index contributed by atoms with van der Waals surface area (Å²) in [6.45, 7) is 5.02. The Morgan fingerprint density at radius 2 is 2.20 bits per heavy atom. The van der Waals surface area contributed by atoms with Crippen LogP contribution in [0.1, 0.15) is 29.9 Å². The van der Waals surface area contributed by atoms with E-state index < -0.39 is 0 Å². The summed E-state index contributed by atoms with van der Waals surface area (Å²) in [5.41, 5.74) is 3.14. The second-order valence-corrected chi connectivity index (χ2v) is 6.21. The molecule has 0 radical (unpaired) electrons. The fraction of sp³-hybridized carbons (Fsp3) is 0.647. The van der Waals surface area contributed by atoms with Gasteiger partial charge in [-0.05, 0) is 43.4 Å². The average molecular weight is 274 g/mol. The van der Waals surface area contributed by atoms with Gasteiger partial charge in [0.2, 0.25) is 0 Å². The standard InChI is InChI=1S/C17H26N2O/c1-19(13-16-11-18-9-10-20-16)12-15-7-4-6-14-5-2-3-8-17(14)15/h2-3,5,8,15-16,18H,4,6-7,9-13H2,1H3. The predicted octanol–water partition coefficient (Wildman–Crippen LogP) is 2.03. The number of ether oxygens (including phenoxy) is 1. The monoisotopic (exact) mass is 274 g/mol. The smallest absolute Gasteiger partial charge is 0.0826 e. The van der Waals surface area contributed by atoms with Crippen LogP contribution < -0.4 is 5.32 Å². The summed E-state index contributed by atoms with van der Waals surface area (Å²) in [4.78, 5) is 2.45. The first-order valence-corrected chi connectivity index (χ1v) is 7.91. The highest BCUT2D eigenvalue weighted by molar-refractivity contribution is 5.32. The van der Waals surface area contributed by atoms with E-state index in [1.54, 1.807) is 11.1 Å². The zero-order valence-corrected chi connectivity index (χ0v) is 12.5. The second kappa shape index (κ2) is 6.70. The second-order valence-electron chi connectivity index (χ2n) is 6.21. The van der Waals surface area contributed by atoms with Gasteiger partial charge in [-0.15, -0.1) is 0 Å². The van der Waals surface area contributed by atoms with Crippen molar-refractivity contribution < 1.29 is 4.74 Å². The molecule has 1 fully saturated rings. The molecule has 0 spiro atoms. The first-order valence-electron chi connectivity index (χ1n) is 7.91. The molecule has 110 valence electrons. The molecule has 3 rings (SSSR count). The van der Waals surface area contributed by atoms with Gasteiger partial charge in [0.15, 0.2) is 0 Å². The maximum absolute atomic E-state index is 5.80. The summed E-state index contributed by atoms with van der Waals surface area (Å²) in [6, 6.07) is 8.99. The fourth-order valence-corrected chi connectivity index (χ4v) is 3.58. The van der Waals surface area contributed by atoms with Crippen LogP contribution in [0.15, 0.2) is 24.3 Å². The molecular weight excluding hydrogens is 248 g/mol. The molecule has 3 nitrogen and oxygen atoms in total. The van der Waals surface area contributed by atoms with Gasteiger partial charge in [-0.1, -0.05) is 24.3 Å². The van der Waals surface area contributed by atoms with Crippen LogP contribution in [0.5, 0.6) is 0 Å². The first-order chi connectivity index (χ1) is 9.83. The molecule has 0 saturated carbocycles. The van der Waals surface area contributed by atoms with Gasteiger partial charge < -0.3 is 15.0 Å². The van der Waals surface area contributed by atoms with E-state index in [-0.39, 0.29) is 0 Å². The van der Waals surface area contributed by atoms with Crippen LogP contribution in [0.3, 0.4) is 0 Å². The molecule has 0 bridgehead atoms. The normalized spacial score (nSPS) is 26.5. The molecule has 1 N–H and O–H groups in total. The van der Waals surface area contributed by atoms with Crippen molar-refractivity contribution in [3.05, 3.63) is 35.4 Å². The van der Waals surface area contributed by atoms with Crippen molar-refractivity contribution in [1.29, 1.82) is 0 Å². The van der Waals surface area contributed by atoms with E-state index in [1.807, 2.05) is 0 Å². The van der Waals surface area contributed by atoms with Crippen molar-refractivity contribution in [2.45, 2.75) is 31.3 Å². The van der Waals surface area contributed by atoms with Gasteiger partial charge in [-0.3, -0.25) is 0 Å². The Labute approximate surface area is 122 Å². The van der Waals surface area contributed by atoms with Gasteiger partial charge >= 0.3 is 0 Å². The van der Waals surface area contributed by atoms with E-state index in [0.29, 0.717) is 12.0 Å². The van der Waals surface area contributed by atoms with Gasteiger partial charge in [0.1, 0.15) is 0 Å². The van der Waals surface area contributed by atoms with Crippen LogP contribution in [-0.4, -0.2) is 50.8 Å². The van der Waals surface area contributed by atoms with Crippen molar-refractivity contribution in [3.8, 4) is 0 Å². The van der Waals surface area contributed by atoms with Crippen LogP contribution in [0.4, 0.5) is 0 Å². The Kier molecular flexibility index (Phi) is 4.71. The largest absolute Gasteiger partial charge is 0.374 e. The van der Waals surface area contributed by atoms with Crippen molar-refractivity contribution in [2.75, 3.05) is 39.8 Å². The summed E-state index contributed by atoms with van der Waals surface area (Å²) < 4.78 is 5.80. The number of likely N-dealkylation sites (N-methyl/N-ethyl adjacent to an activating group) is 1. The van der Waals surface area contributed by atoms with Gasteiger partial charge in [0.05, 0.1) is 12.7 Å². The van der Waals surface area contributed by atoms with Gasteiger partial charge in [0, 0.05) is 26.2 Å². The lowest BCUT2D eigenvalue weighted by molar-refractivity contribution is 0.00899. The topological polar surface area (TPSA) is 24.5 Å². The van der Waals surface area contributed by atoms with Crippen LogP contribution in [0, 0.1) is 0 Å². The minimum absolute atomic E-state index is 0.354. The molecule has 0 aromatic heterocycles. The molecule has 1 aliphatic heterocycles. The molecule has 2 unspecified atom stereocenters. The molecule has 20 heavy (non-hydrogen) atoms. The number of aryl methyl sites for hydroxylation is 1. The third kappa shape index (κ3) is 3.40. The average Bonchev–Trinajstić information content (AvgIpc) is 2.48. The Bertz CT molecular complexity index is 429. The number of nitrogens with zero attached hydrogens (tertiary/aromatic N) is 1. The van der Waals surface area contributed by atoms with Crippen LogP contribution in [0.25, 0.3) is 0 Å². The van der Waals surface area contributed by atoms with Crippen molar-refractivity contribution in [1.82, 2.24) is 10.2 Å². The van der Waals surface area contributed by atoms with E-state index in [0.717, 1.165) is 32.8 Å². The highest BCUT2D eigenvalue weighted by Crippen LogP contribution is 2.31. The number of fused-ring (bicyclic) bond motifs is 1. The number of rotatable bonds is 4. The molecule has 1 aromatic rings. The maximum atomic E-state index is 5.80. The maximum Gasteiger partial charge on any atom is 0.0826 e. The SMILES string of the molecule is CN(CC1CNCCO1)CC1CCCc2ccccc21. The van der Waals surface area contributed by atoms with E-state index in [2.05, 4.69) is 41.5 Å². The highest BCUT2D eigenvalue weighted by Gasteiger charge is 2.22. The number of nitrogens with one attached hydrogen (secondary N) is 1. The zero-order valence-electron chi connectivity index (χ0n) is 12.5. The van der Waals surface area contributed by atoms with E-state index in [4.69, 9.17) is 4.74 Å². The molecule has 1 aliphatic carbocycles. The fourth-order valence-electron chi connectivity index (χ4n) is 3.58. The molecule has 0 amide bonds. The van der Waals surface area contributed by atoms with Gasteiger partial charge in [0.25, 0.3) is 0 Å². The van der Waals surface area contributed by atoms with Gasteiger partial charge in [-0.25, -0.2) is 0 Å². The molecule has 2 aliphatic rings. The lowest BCUT2D eigenvalue weighted by Crippen LogP contribution is -2.45. The number of morpholine rings is 1. The minimum Gasteiger partial charge on any atom is -0.374 e. The lowest BCUT2D eigenvalue weighted by atomic mass is 9.82. The summed E-state index contributed by atoms with van der Waals surface area (Å²) in [6.07, 6.45) is 4.27. The summed E-state index contributed by atoms with van der Waals surface area (Å²) in [7, 11) is 2.23. The predicted molar refractivity (Wildman–Crippen MR) is 82.2 cm³/mol. The van der Waals surface area contributed by atoms with Crippen molar-refractivity contribution in [2.24, 2.45) is 0 Å². The van der Waals surface area contributed by atoms with Crippen molar-refractivity contribution in [3.63, 3.8) is 0 Å². The molecule has 2 atom stereocenters. The molecule has 1 aromatic carbocycles. The Balaban J connectivity index is 1.57. The van der Waals surface area contributed by atoms with Crippen LogP contribution in [0.2, 0.25) is 0 Å². The Morgan fingerprint density at radius 3 is 3.05 bits per heavy atom. The molecule has 3 heteroatoms. The number of hydrogen-bond donors (Lipinski definition) is 1. The minimum atomic E-state index is 0.354. The third-order valence-electron chi connectivity index (χ3n) is 4.55. The van der Waals surface area contributed by atoms with E-state index in [1.165, 1.54) is 19.3 Å². The highest BCUT2D eigenvalue weighted by atomic mass is 16.5. The quantitative estimate of drug-likeness (QED) is 0.909. The number of hydrogen-bond acceptors (Lipinski definition) is 3. The van der Waals surface area contributed by atoms with Gasteiger partial charge in [-0.2, -0.15) is 0 Å². The summed E-state index contributed by atoms with van der Waals surface area (Å²) >= 11 is 0. The zero-order chi connectivity index (χ0) is 13.8. The Hall–Kier alpha value is -0.900. The Morgan fingerprint density at radius 1 is 1.30 bits per heavy atom.